The minimum atomic E-state index is 0.431. The van der Waals surface area contributed by atoms with Crippen molar-refractivity contribution in [2.75, 3.05) is 0 Å². The molecule has 0 aliphatic rings. The summed E-state index contributed by atoms with van der Waals surface area (Å²) in [6.45, 7) is 0. The molecule has 0 unspecified atom stereocenters. The smallest absolute Gasteiger partial charge is 0.181 e. The van der Waals surface area contributed by atoms with E-state index in [1.165, 1.54) is 12.4 Å². The first-order valence-electron chi connectivity index (χ1n) is 6.02. The molecule has 3 rings (SSSR count). The zero-order chi connectivity index (χ0) is 15.0. The van der Waals surface area contributed by atoms with Crippen LogP contribution in [0, 0.1) is 0 Å². The van der Waals surface area contributed by atoms with E-state index in [0.717, 1.165) is 5.56 Å². The Morgan fingerprint density at radius 3 is 2.19 bits per heavy atom. The van der Waals surface area contributed by atoms with Crippen molar-refractivity contribution in [3.8, 4) is 22.8 Å². The summed E-state index contributed by atoms with van der Waals surface area (Å²) in [6, 6.07) is 7.30. The summed E-state index contributed by atoms with van der Waals surface area (Å²) in [5, 5.41) is 5.92. The molecule has 0 N–H and O–H groups in total. The molecule has 0 amide bonds. The Labute approximate surface area is 136 Å². The van der Waals surface area contributed by atoms with E-state index < -0.39 is 0 Å². The van der Waals surface area contributed by atoms with Crippen molar-refractivity contribution in [3.05, 3.63) is 51.7 Å². The summed E-state index contributed by atoms with van der Waals surface area (Å²) in [4.78, 5) is 8.45. The van der Waals surface area contributed by atoms with Gasteiger partial charge in [-0.05, 0) is 24.3 Å². The summed E-state index contributed by atoms with van der Waals surface area (Å²) in [5.74, 6) is 1.16. The minimum absolute atomic E-state index is 0.431. The minimum Gasteiger partial charge on any atom is -0.262 e. The van der Waals surface area contributed by atoms with Gasteiger partial charge in [0.25, 0.3) is 0 Å². The number of hydrogen-bond acceptors (Lipinski definition) is 3. The Balaban J connectivity index is 2.12. The van der Waals surface area contributed by atoms with Gasteiger partial charge in [-0.15, -0.1) is 0 Å². The first-order chi connectivity index (χ1) is 10.1. The highest BCUT2D eigenvalue weighted by atomic mass is 35.5. The van der Waals surface area contributed by atoms with E-state index in [1.54, 1.807) is 23.9 Å². The van der Waals surface area contributed by atoms with Crippen LogP contribution in [0.1, 0.15) is 0 Å². The third-order valence-corrected chi connectivity index (χ3v) is 3.77. The first-order valence-corrected chi connectivity index (χ1v) is 7.16. The average Bonchev–Trinajstić information content (AvgIpc) is 2.81. The van der Waals surface area contributed by atoms with E-state index in [0.29, 0.717) is 32.3 Å². The van der Waals surface area contributed by atoms with Crippen LogP contribution in [0.3, 0.4) is 0 Å². The molecule has 0 spiro atoms. The Kier molecular flexibility index (Phi) is 3.85. The molecule has 0 saturated heterocycles. The second kappa shape index (κ2) is 5.64. The third kappa shape index (κ3) is 2.75. The molecule has 106 valence electrons. The molecule has 7 heteroatoms. The number of rotatable bonds is 2. The van der Waals surface area contributed by atoms with Crippen molar-refractivity contribution in [2.24, 2.45) is 7.05 Å². The molecule has 3 aromatic rings. The molecule has 0 radical (unpaired) electrons. The van der Waals surface area contributed by atoms with Crippen LogP contribution in [0.15, 0.2) is 36.7 Å². The van der Waals surface area contributed by atoms with Crippen LogP contribution in [0.25, 0.3) is 22.8 Å². The maximum absolute atomic E-state index is 6.17. The van der Waals surface area contributed by atoms with Crippen LogP contribution in [0.4, 0.5) is 0 Å². The number of hydrogen-bond donors (Lipinski definition) is 0. The first kappa shape index (κ1) is 14.3. The summed E-state index contributed by atoms with van der Waals surface area (Å²) in [6.07, 6.45) is 3.05. The number of benzene rings is 1. The lowest BCUT2D eigenvalue weighted by atomic mass is 10.2. The van der Waals surface area contributed by atoms with Gasteiger partial charge in [0, 0.05) is 30.0 Å². The number of aromatic nitrogens is 4. The molecular weight excluding hydrogens is 331 g/mol. The summed E-state index contributed by atoms with van der Waals surface area (Å²) < 4.78 is 1.64. The molecule has 1 aromatic carbocycles. The molecule has 0 aliphatic carbocycles. The van der Waals surface area contributed by atoms with Gasteiger partial charge >= 0.3 is 0 Å². The largest absolute Gasteiger partial charge is 0.262 e. The van der Waals surface area contributed by atoms with Crippen LogP contribution in [-0.4, -0.2) is 19.7 Å². The van der Waals surface area contributed by atoms with E-state index in [4.69, 9.17) is 34.8 Å². The van der Waals surface area contributed by atoms with Gasteiger partial charge in [0.2, 0.25) is 0 Å². The van der Waals surface area contributed by atoms with Crippen LogP contribution in [0.2, 0.25) is 15.1 Å². The number of aryl methyl sites for hydroxylation is 1. The Bertz CT molecular complexity index is 776. The van der Waals surface area contributed by atoms with E-state index in [2.05, 4.69) is 15.1 Å². The highest BCUT2D eigenvalue weighted by Crippen LogP contribution is 2.33. The lowest BCUT2D eigenvalue weighted by molar-refractivity contribution is 0.777. The summed E-state index contributed by atoms with van der Waals surface area (Å²) in [7, 11) is 1.79. The Morgan fingerprint density at radius 1 is 0.952 bits per heavy atom. The van der Waals surface area contributed by atoms with Gasteiger partial charge in [0.15, 0.2) is 11.6 Å². The standard InChI is InChI=1S/C14H9Cl3N4/c1-21-14(12-10(16)6-18-7-11(12)17)19-13(20-21)8-2-4-9(15)5-3-8/h2-7H,1H3. The fraction of sp³-hybridized carbons (Fsp3) is 0.0714. The fourth-order valence-corrected chi connectivity index (χ4v) is 2.61. The average molecular weight is 340 g/mol. The van der Waals surface area contributed by atoms with Crippen molar-refractivity contribution < 1.29 is 0 Å². The number of pyridine rings is 1. The van der Waals surface area contributed by atoms with E-state index >= 15 is 0 Å². The highest BCUT2D eigenvalue weighted by molar-refractivity contribution is 6.38. The van der Waals surface area contributed by atoms with E-state index in [1.807, 2.05) is 12.1 Å². The second-order valence-corrected chi connectivity index (χ2v) is 5.62. The monoisotopic (exact) mass is 338 g/mol. The second-order valence-electron chi connectivity index (χ2n) is 4.37. The van der Waals surface area contributed by atoms with Gasteiger partial charge in [0.05, 0.1) is 15.6 Å². The summed E-state index contributed by atoms with van der Waals surface area (Å²) >= 11 is 18.2. The number of halogens is 3. The zero-order valence-electron chi connectivity index (χ0n) is 10.9. The van der Waals surface area contributed by atoms with Gasteiger partial charge in [-0.25, -0.2) is 9.67 Å². The van der Waals surface area contributed by atoms with Gasteiger partial charge in [-0.2, -0.15) is 5.10 Å². The predicted octanol–water partition coefficient (Wildman–Crippen LogP) is 4.50. The molecule has 21 heavy (non-hydrogen) atoms. The van der Waals surface area contributed by atoms with Crippen molar-refractivity contribution in [1.29, 1.82) is 0 Å². The zero-order valence-corrected chi connectivity index (χ0v) is 13.2. The Morgan fingerprint density at radius 2 is 1.57 bits per heavy atom. The summed E-state index contributed by atoms with van der Waals surface area (Å²) in [5.41, 5.74) is 1.48. The van der Waals surface area contributed by atoms with Gasteiger partial charge in [0.1, 0.15) is 0 Å². The lowest BCUT2D eigenvalue weighted by Gasteiger charge is -2.04. The maximum Gasteiger partial charge on any atom is 0.181 e. The molecule has 0 atom stereocenters. The lowest BCUT2D eigenvalue weighted by Crippen LogP contribution is -1.96. The normalized spacial score (nSPS) is 10.9. The quantitative estimate of drug-likeness (QED) is 0.690. The molecule has 2 aromatic heterocycles. The van der Waals surface area contributed by atoms with Crippen molar-refractivity contribution in [3.63, 3.8) is 0 Å². The molecule has 0 fully saturated rings. The van der Waals surface area contributed by atoms with Crippen molar-refractivity contribution >= 4 is 34.8 Å². The van der Waals surface area contributed by atoms with Crippen molar-refractivity contribution in [1.82, 2.24) is 19.7 Å². The molecular formula is C14H9Cl3N4. The fourth-order valence-electron chi connectivity index (χ4n) is 1.95. The molecule has 4 nitrogen and oxygen atoms in total. The van der Waals surface area contributed by atoms with Crippen LogP contribution in [-0.2, 0) is 7.05 Å². The predicted molar refractivity (Wildman–Crippen MR) is 84.7 cm³/mol. The third-order valence-electron chi connectivity index (χ3n) is 2.94. The highest BCUT2D eigenvalue weighted by Gasteiger charge is 2.17. The van der Waals surface area contributed by atoms with E-state index in [9.17, 15) is 0 Å². The van der Waals surface area contributed by atoms with Crippen molar-refractivity contribution in [2.45, 2.75) is 0 Å². The number of nitrogens with zero attached hydrogens (tertiary/aromatic N) is 4. The van der Waals surface area contributed by atoms with Gasteiger partial charge < -0.3 is 0 Å². The van der Waals surface area contributed by atoms with E-state index in [-0.39, 0.29) is 0 Å². The molecule has 0 saturated carbocycles. The molecule has 0 aliphatic heterocycles. The molecule has 2 heterocycles. The Hall–Kier alpha value is -1.62. The van der Waals surface area contributed by atoms with Gasteiger partial charge in [-0.1, -0.05) is 34.8 Å². The topological polar surface area (TPSA) is 43.6 Å². The SMILES string of the molecule is Cn1nc(-c2ccc(Cl)cc2)nc1-c1c(Cl)cncc1Cl. The van der Waals surface area contributed by atoms with Crippen LogP contribution >= 0.6 is 34.8 Å². The van der Waals surface area contributed by atoms with Crippen LogP contribution < -0.4 is 0 Å². The van der Waals surface area contributed by atoms with Gasteiger partial charge in [-0.3, -0.25) is 4.98 Å². The molecule has 0 bridgehead atoms. The maximum atomic E-state index is 6.17. The van der Waals surface area contributed by atoms with Crippen LogP contribution in [0.5, 0.6) is 0 Å².